The van der Waals surface area contributed by atoms with Crippen LogP contribution in [-0.4, -0.2) is 16.3 Å². The minimum Gasteiger partial charge on any atom is -0.297 e. The number of halogens is 4. The third kappa shape index (κ3) is 3.46. The van der Waals surface area contributed by atoms with Gasteiger partial charge in [-0.2, -0.15) is 13.2 Å². The van der Waals surface area contributed by atoms with Gasteiger partial charge in [-0.15, -0.1) is 11.3 Å². The van der Waals surface area contributed by atoms with Gasteiger partial charge in [0.15, 0.2) is 15.8 Å². The van der Waals surface area contributed by atoms with Crippen molar-refractivity contribution >= 4 is 41.0 Å². The third-order valence-electron chi connectivity index (χ3n) is 1.95. The molecular formula is C10H4ClF3N2OS2. The molecule has 100 valence electrons. The van der Waals surface area contributed by atoms with Crippen molar-refractivity contribution < 1.29 is 18.0 Å². The summed E-state index contributed by atoms with van der Waals surface area (Å²) >= 11 is 7.78. The van der Waals surface area contributed by atoms with Gasteiger partial charge in [-0.05, 0) is 23.9 Å². The standard InChI is InChI=1S/C10H4ClF3N2OS2/c11-8-6(4-17)18-9(16-8)19-7-2-1-5(3-15-7)10(12,13)14/h1-4H. The number of alkyl halides is 3. The molecule has 0 unspecified atom stereocenters. The van der Waals surface area contributed by atoms with E-state index in [4.69, 9.17) is 11.6 Å². The van der Waals surface area contributed by atoms with Crippen molar-refractivity contribution in [3.05, 3.63) is 33.9 Å². The monoisotopic (exact) mass is 324 g/mol. The van der Waals surface area contributed by atoms with Crippen molar-refractivity contribution in [1.82, 2.24) is 9.97 Å². The summed E-state index contributed by atoms with van der Waals surface area (Å²) in [4.78, 5) is 18.4. The molecule has 2 heterocycles. The number of carbonyl (C=O) groups excluding carboxylic acids is 1. The molecule has 0 saturated heterocycles. The Labute approximate surface area is 118 Å². The molecule has 0 amide bonds. The van der Waals surface area contributed by atoms with Gasteiger partial charge in [-0.3, -0.25) is 4.79 Å². The van der Waals surface area contributed by atoms with Crippen molar-refractivity contribution in [1.29, 1.82) is 0 Å². The van der Waals surface area contributed by atoms with Gasteiger partial charge >= 0.3 is 6.18 Å². The van der Waals surface area contributed by atoms with Gasteiger partial charge in [0.1, 0.15) is 9.90 Å². The maximum absolute atomic E-state index is 12.3. The number of aldehydes is 1. The molecule has 0 bridgehead atoms. The van der Waals surface area contributed by atoms with Crippen molar-refractivity contribution in [2.75, 3.05) is 0 Å². The second kappa shape index (κ2) is 5.48. The molecule has 0 atom stereocenters. The highest BCUT2D eigenvalue weighted by Crippen LogP contribution is 2.34. The summed E-state index contributed by atoms with van der Waals surface area (Å²) < 4.78 is 37.4. The zero-order valence-electron chi connectivity index (χ0n) is 8.94. The molecule has 0 radical (unpaired) electrons. The molecule has 0 saturated carbocycles. The second-order valence-electron chi connectivity index (χ2n) is 3.24. The maximum Gasteiger partial charge on any atom is 0.417 e. The van der Waals surface area contributed by atoms with Gasteiger partial charge in [0, 0.05) is 6.20 Å². The van der Waals surface area contributed by atoms with Crippen LogP contribution in [0.1, 0.15) is 15.2 Å². The Bertz CT molecular complexity index is 598. The number of rotatable bonds is 3. The molecule has 2 aromatic heterocycles. The van der Waals surface area contributed by atoms with E-state index in [9.17, 15) is 18.0 Å². The van der Waals surface area contributed by atoms with Crippen molar-refractivity contribution in [3.63, 3.8) is 0 Å². The van der Waals surface area contributed by atoms with E-state index in [0.717, 1.165) is 35.4 Å². The Morgan fingerprint density at radius 1 is 1.37 bits per heavy atom. The first-order valence-corrected chi connectivity index (χ1v) is 6.74. The topological polar surface area (TPSA) is 42.9 Å². The highest BCUT2D eigenvalue weighted by atomic mass is 35.5. The Kier molecular flexibility index (Phi) is 4.12. The van der Waals surface area contributed by atoms with Crippen LogP contribution in [0.15, 0.2) is 27.7 Å². The van der Waals surface area contributed by atoms with Crippen LogP contribution < -0.4 is 0 Å². The van der Waals surface area contributed by atoms with Gasteiger partial charge < -0.3 is 0 Å². The van der Waals surface area contributed by atoms with Crippen LogP contribution in [-0.2, 0) is 6.18 Å². The molecule has 2 aromatic rings. The Hall–Kier alpha value is -1.12. The summed E-state index contributed by atoms with van der Waals surface area (Å²) in [6, 6.07) is 2.18. The summed E-state index contributed by atoms with van der Waals surface area (Å²) in [7, 11) is 0. The van der Waals surface area contributed by atoms with E-state index >= 15 is 0 Å². The van der Waals surface area contributed by atoms with Gasteiger partial charge in [-0.25, -0.2) is 9.97 Å². The van der Waals surface area contributed by atoms with Crippen LogP contribution in [0.4, 0.5) is 13.2 Å². The van der Waals surface area contributed by atoms with Crippen molar-refractivity contribution in [3.8, 4) is 0 Å². The van der Waals surface area contributed by atoms with E-state index in [-0.39, 0.29) is 10.0 Å². The van der Waals surface area contributed by atoms with Crippen molar-refractivity contribution in [2.45, 2.75) is 15.5 Å². The van der Waals surface area contributed by atoms with Gasteiger partial charge in [0.2, 0.25) is 0 Å². The van der Waals surface area contributed by atoms with Crippen LogP contribution in [0.3, 0.4) is 0 Å². The average Bonchev–Trinajstić information content (AvgIpc) is 2.69. The molecule has 0 aliphatic rings. The number of hydrogen-bond acceptors (Lipinski definition) is 5. The lowest BCUT2D eigenvalue weighted by Crippen LogP contribution is -2.04. The number of pyridine rings is 1. The zero-order chi connectivity index (χ0) is 14.0. The van der Waals surface area contributed by atoms with E-state index in [1.54, 1.807) is 0 Å². The molecule has 0 aliphatic heterocycles. The minimum absolute atomic E-state index is 0.0782. The van der Waals surface area contributed by atoms with E-state index in [2.05, 4.69) is 9.97 Å². The summed E-state index contributed by atoms with van der Waals surface area (Å²) in [6.45, 7) is 0. The number of aromatic nitrogens is 2. The van der Waals surface area contributed by atoms with Gasteiger partial charge in [-0.1, -0.05) is 11.6 Å². The Morgan fingerprint density at radius 2 is 2.11 bits per heavy atom. The average molecular weight is 325 g/mol. The van der Waals surface area contributed by atoms with Crippen LogP contribution in [0.5, 0.6) is 0 Å². The molecule has 3 nitrogen and oxygen atoms in total. The third-order valence-corrected chi connectivity index (χ3v) is 4.34. The van der Waals surface area contributed by atoms with Crippen LogP contribution in [0.25, 0.3) is 0 Å². The summed E-state index contributed by atoms with van der Waals surface area (Å²) in [5.74, 6) is 0. The molecule has 0 aliphatic carbocycles. The van der Waals surface area contributed by atoms with Gasteiger partial charge in [0.05, 0.1) is 5.56 Å². The van der Waals surface area contributed by atoms with E-state index < -0.39 is 11.7 Å². The summed E-state index contributed by atoms with van der Waals surface area (Å²) in [5.41, 5.74) is -0.817. The lowest BCUT2D eigenvalue weighted by molar-refractivity contribution is -0.137. The maximum atomic E-state index is 12.3. The normalized spacial score (nSPS) is 11.6. The van der Waals surface area contributed by atoms with E-state index in [1.807, 2.05) is 0 Å². The fourth-order valence-electron chi connectivity index (χ4n) is 1.11. The smallest absolute Gasteiger partial charge is 0.297 e. The Morgan fingerprint density at radius 3 is 2.58 bits per heavy atom. The van der Waals surface area contributed by atoms with Crippen LogP contribution in [0, 0.1) is 0 Å². The molecule has 0 N–H and O–H groups in total. The first kappa shape index (κ1) is 14.3. The number of nitrogens with zero attached hydrogens (tertiary/aromatic N) is 2. The predicted octanol–water partition coefficient (Wildman–Crippen LogP) is 4.17. The van der Waals surface area contributed by atoms with Crippen LogP contribution in [0.2, 0.25) is 5.15 Å². The largest absolute Gasteiger partial charge is 0.417 e. The SMILES string of the molecule is O=Cc1sc(Sc2ccc(C(F)(F)F)cn2)nc1Cl. The molecule has 0 fully saturated rings. The van der Waals surface area contributed by atoms with E-state index in [1.165, 1.54) is 6.07 Å². The van der Waals surface area contributed by atoms with Gasteiger partial charge in [0.25, 0.3) is 0 Å². The quantitative estimate of drug-likeness (QED) is 0.795. The number of thiazole rings is 1. The zero-order valence-corrected chi connectivity index (χ0v) is 11.3. The first-order chi connectivity index (χ1) is 8.90. The highest BCUT2D eigenvalue weighted by molar-refractivity contribution is 8.01. The fourth-order valence-corrected chi connectivity index (χ4v) is 3.21. The van der Waals surface area contributed by atoms with Crippen molar-refractivity contribution in [2.24, 2.45) is 0 Å². The molecule has 2 rings (SSSR count). The fraction of sp³-hybridized carbons (Fsp3) is 0.100. The lowest BCUT2D eigenvalue weighted by Gasteiger charge is -2.05. The highest BCUT2D eigenvalue weighted by Gasteiger charge is 2.30. The molecule has 19 heavy (non-hydrogen) atoms. The Balaban J connectivity index is 2.17. The molecule has 9 heteroatoms. The first-order valence-electron chi connectivity index (χ1n) is 4.73. The molecule has 0 aromatic carbocycles. The van der Waals surface area contributed by atoms with E-state index in [0.29, 0.717) is 15.7 Å². The molecule has 0 spiro atoms. The summed E-state index contributed by atoms with van der Waals surface area (Å²) in [6.07, 6.45) is -3.09. The number of carbonyl (C=O) groups is 1. The van der Waals surface area contributed by atoms with Crippen LogP contribution >= 0.6 is 34.7 Å². The second-order valence-corrected chi connectivity index (χ2v) is 5.89. The summed E-state index contributed by atoms with van der Waals surface area (Å²) in [5, 5.41) is 0.422. The number of hydrogen-bond donors (Lipinski definition) is 0. The minimum atomic E-state index is -4.41. The predicted molar refractivity (Wildman–Crippen MR) is 65.9 cm³/mol. The molecular weight excluding hydrogens is 321 g/mol. The lowest BCUT2D eigenvalue weighted by atomic mass is 10.3.